The van der Waals surface area contributed by atoms with Gasteiger partial charge in [-0.25, -0.2) is 0 Å². The number of benzene rings is 3. The van der Waals surface area contributed by atoms with Gasteiger partial charge in [-0.15, -0.1) is 11.5 Å². The molecule has 3 aromatic carbocycles. The van der Waals surface area contributed by atoms with Crippen LogP contribution in [0.5, 0.6) is 11.5 Å². The van der Waals surface area contributed by atoms with Crippen molar-refractivity contribution in [1.29, 1.82) is 0 Å². The van der Waals surface area contributed by atoms with Crippen molar-refractivity contribution in [3.8, 4) is 11.5 Å². The number of aryl methyl sites for hydroxylation is 6. The van der Waals surface area contributed by atoms with Crippen LogP contribution in [0.1, 0.15) is 223 Å². The molecule has 0 N–H and O–H groups in total. The maximum atomic E-state index is 11.9. The van der Waals surface area contributed by atoms with Gasteiger partial charge in [-0.2, -0.15) is 0 Å². The standard InChI is InChI=1S/C39H62N2.C16H26O2.Ni/c1-7-13-19-25-39(41-37-29-27-33(21-15-9-3)35(31-37)23-17-11-5)38(24-18-12-6)40-36-28-26-32(20-14-8-2)34(30-36)22-16-10-4;1-4-6-8-10-14-11-13(9-7-5-2)12(3)15(17)16(14)18;/h26-31H,7-25H2,1-6H3;11,17-18H,4-10H2,1-3H3;/q;;+2/p-2. The monoisotopic (exact) mass is 865 g/mol. The summed E-state index contributed by atoms with van der Waals surface area (Å²) in [4.78, 5) is 10.8. The van der Waals surface area contributed by atoms with E-state index >= 15 is 0 Å². The van der Waals surface area contributed by atoms with Crippen LogP contribution in [-0.4, -0.2) is 11.4 Å². The first-order valence-electron chi connectivity index (χ1n) is 24.6. The van der Waals surface area contributed by atoms with Crippen molar-refractivity contribution in [2.24, 2.45) is 9.98 Å². The Morgan fingerprint density at radius 1 is 0.383 bits per heavy atom. The second-order valence-electron chi connectivity index (χ2n) is 17.0. The summed E-state index contributed by atoms with van der Waals surface area (Å²) in [5.41, 5.74) is 13.2. The molecule has 0 atom stereocenters. The predicted octanol–water partition coefficient (Wildman–Crippen LogP) is 15.9. The first-order valence-corrected chi connectivity index (χ1v) is 24.6. The zero-order chi connectivity index (χ0) is 43.3. The van der Waals surface area contributed by atoms with Gasteiger partial charge >= 0.3 is 16.5 Å². The van der Waals surface area contributed by atoms with Crippen molar-refractivity contribution in [3.05, 3.63) is 81.4 Å². The number of unbranched alkanes of at least 4 members (excludes halogenated alkanes) is 10. The van der Waals surface area contributed by atoms with Gasteiger partial charge in [-0.05, 0) is 162 Å². The van der Waals surface area contributed by atoms with Gasteiger partial charge in [-0.1, -0.05) is 149 Å². The molecule has 5 heteroatoms. The van der Waals surface area contributed by atoms with Gasteiger partial charge in [0.05, 0.1) is 22.8 Å². The number of hydrogen-bond donors (Lipinski definition) is 0. The Hall–Kier alpha value is -2.91. The van der Waals surface area contributed by atoms with Crippen LogP contribution in [-0.2, 0) is 55.0 Å². The summed E-state index contributed by atoms with van der Waals surface area (Å²) in [6.07, 6.45) is 29.7. The molecular formula is C55H86N2NiO2. The van der Waals surface area contributed by atoms with E-state index in [0.717, 1.165) is 99.6 Å². The smallest absolute Gasteiger partial charge is 0.873 e. The SMILES string of the molecule is CCCCCC(=Nc1ccc(CCCC)c(CCCC)c1)C(CCCC)=Nc1ccc(CCCC)c(CCCC)c1.CCCCCc1cc(CCCC)c(C)c([O-])c1[O-].[Ni+2]. The molecular weight excluding hydrogens is 779 g/mol. The third kappa shape index (κ3) is 20.3. The zero-order valence-electron chi connectivity index (χ0n) is 40.0. The van der Waals surface area contributed by atoms with Crippen LogP contribution in [0.15, 0.2) is 52.4 Å². The minimum Gasteiger partial charge on any atom is -0.873 e. The largest absolute Gasteiger partial charge is 2.00 e. The fourth-order valence-electron chi connectivity index (χ4n) is 7.74. The van der Waals surface area contributed by atoms with Crippen LogP contribution in [0.4, 0.5) is 11.4 Å². The van der Waals surface area contributed by atoms with E-state index in [1.807, 2.05) is 6.07 Å². The molecule has 0 aliphatic carbocycles. The number of hydrogen-bond acceptors (Lipinski definition) is 4. The van der Waals surface area contributed by atoms with E-state index < -0.39 is 0 Å². The molecule has 0 amide bonds. The van der Waals surface area contributed by atoms with Crippen LogP contribution in [0.25, 0.3) is 0 Å². The first-order chi connectivity index (χ1) is 28.7. The third-order valence-electron chi connectivity index (χ3n) is 11.7. The molecule has 0 aromatic heterocycles. The van der Waals surface area contributed by atoms with Crippen molar-refractivity contribution >= 4 is 22.8 Å². The van der Waals surface area contributed by atoms with Gasteiger partial charge in [0.25, 0.3) is 0 Å². The average Bonchev–Trinajstić information content (AvgIpc) is 3.25. The summed E-state index contributed by atoms with van der Waals surface area (Å²) in [5, 5.41) is 23.8. The van der Waals surface area contributed by atoms with Gasteiger partial charge in [0, 0.05) is 0 Å². The molecule has 0 aliphatic rings. The minimum absolute atomic E-state index is 0. The molecule has 0 heterocycles. The van der Waals surface area contributed by atoms with Crippen molar-refractivity contribution in [1.82, 2.24) is 0 Å². The molecule has 0 saturated heterocycles. The van der Waals surface area contributed by atoms with Crippen LogP contribution < -0.4 is 10.2 Å². The predicted molar refractivity (Wildman–Crippen MR) is 257 cm³/mol. The third-order valence-corrected chi connectivity index (χ3v) is 11.7. The van der Waals surface area contributed by atoms with E-state index in [1.54, 1.807) is 6.92 Å². The van der Waals surface area contributed by atoms with Crippen LogP contribution in [0.3, 0.4) is 0 Å². The average molecular weight is 866 g/mol. The molecule has 338 valence electrons. The molecule has 60 heavy (non-hydrogen) atoms. The summed E-state index contributed by atoms with van der Waals surface area (Å²) >= 11 is 0. The maximum absolute atomic E-state index is 11.9. The van der Waals surface area contributed by atoms with Gasteiger partial charge in [0.1, 0.15) is 0 Å². The molecule has 3 aromatic rings. The van der Waals surface area contributed by atoms with Gasteiger partial charge in [0.2, 0.25) is 0 Å². The molecule has 0 radical (unpaired) electrons. The topological polar surface area (TPSA) is 70.8 Å². The summed E-state index contributed by atoms with van der Waals surface area (Å²) in [6.45, 7) is 19.8. The van der Waals surface area contributed by atoms with E-state index in [9.17, 15) is 10.2 Å². The molecule has 4 nitrogen and oxygen atoms in total. The van der Waals surface area contributed by atoms with Crippen LogP contribution in [0.2, 0.25) is 0 Å². The van der Waals surface area contributed by atoms with E-state index in [2.05, 4.69) is 91.8 Å². The Labute approximate surface area is 379 Å². The summed E-state index contributed by atoms with van der Waals surface area (Å²) in [7, 11) is 0. The Morgan fingerprint density at radius 3 is 1.18 bits per heavy atom. The first kappa shape index (κ1) is 55.1. The normalized spacial score (nSPS) is 11.7. The zero-order valence-corrected chi connectivity index (χ0v) is 40.9. The Kier molecular flexibility index (Phi) is 30.9. The molecule has 0 saturated carbocycles. The fourth-order valence-corrected chi connectivity index (χ4v) is 7.74. The fraction of sp³-hybridized carbons (Fsp3) is 0.636. The van der Waals surface area contributed by atoms with Crippen molar-refractivity contribution in [3.63, 3.8) is 0 Å². The second-order valence-corrected chi connectivity index (χ2v) is 17.0. The summed E-state index contributed by atoms with van der Waals surface area (Å²) < 4.78 is 0. The van der Waals surface area contributed by atoms with E-state index in [4.69, 9.17) is 9.98 Å². The molecule has 0 fully saturated rings. The van der Waals surface area contributed by atoms with E-state index in [-0.39, 0.29) is 28.0 Å². The quantitative estimate of drug-likeness (QED) is 0.0396. The maximum Gasteiger partial charge on any atom is 2.00 e. The molecule has 0 bridgehead atoms. The number of aliphatic imine (C=N–C) groups is 2. The Morgan fingerprint density at radius 2 is 0.750 bits per heavy atom. The van der Waals surface area contributed by atoms with Crippen molar-refractivity contribution < 1.29 is 26.7 Å². The van der Waals surface area contributed by atoms with Gasteiger partial charge < -0.3 is 10.2 Å². The second kappa shape index (κ2) is 33.7. The Bertz CT molecular complexity index is 1660. The number of rotatable bonds is 29. The molecule has 0 unspecified atom stereocenters. The van der Waals surface area contributed by atoms with Crippen molar-refractivity contribution in [2.45, 2.75) is 229 Å². The Balaban J connectivity index is 0.000000792. The molecule has 0 aliphatic heterocycles. The summed E-state index contributed by atoms with van der Waals surface area (Å²) in [5.74, 6) is -0.557. The van der Waals surface area contributed by atoms with Gasteiger partial charge in [-0.3, -0.25) is 9.98 Å². The van der Waals surface area contributed by atoms with Crippen molar-refractivity contribution in [2.75, 3.05) is 0 Å². The van der Waals surface area contributed by atoms with E-state index in [0.29, 0.717) is 5.56 Å². The number of nitrogens with zero attached hydrogens (tertiary/aromatic N) is 2. The minimum atomic E-state index is -0.282. The molecule has 3 rings (SSSR count). The molecule has 0 spiro atoms. The van der Waals surface area contributed by atoms with E-state index in [1.165, 1.54) is 124 Å². The van der Waals surface area contributed by atoms with Gasteiger partial charge in [0.15, 0.2) is 0 Å². The summed E-state index contributed by atoms with van der Waals surface area (Å²) in [6, 6.07) is 16.0. The van der Waals surface area contributed by atoms with Crippen LogP contribution >= 0.6 is 0 Å². The van der Waals surface area contributed by atoms with Crippen LogP contribution in [0, 0.1) is 6.92 Å².